The van der Waals surface area contributed by atoms with E-state index in [4.69, 9.17) is 11.6 Å². The van der Waals surface area contributed by atoms with Crippen molar-refractivity contribution in [3.8, 4) is 5.69 Å². The lowest BCUT2D eigenvalue weighted by Gasteiger charge is -2.08. The first-order valence-corrected chi connectivity index (χ1v) is 8.12. The number of hydrogen-bond acceptors (Lipinski definition) is 3. The van der Waals surface area contributed by atoms with Crippen LogP contribution in [-0.4, -0.2) is 21.7 Å². The maximum atomic E-state index is 12.0. The number of carbonyl (C=O) groups is 1. The number of carbonyl (C=O) groups excluding carboxylic acids is 1. The monoisotopic (exact) mass is 352 g/mol. The largest absolute Gasteiger partial charge is 0.316 e. The molecule has 3 aromatic rings. The first-order chi connectivity index (χ1) is 12.1. The number of halogens is 1. The molecule has 0 saturated carbocycles. The summed E-state index contributed by atoms with van der Waals surface area (Å²) in [6.45, 7) is 4.02. The van der Waals surface area contributed by atoms with Gasteiger partial charge in [0.15, 0.2) is 0 Å². The van der Waals surface area contributed by atoms with Crippen molar-refractivity contribution in [3.63, 3.8) is 0 Å². The number of pyridine rings is 1. The topological polar surface area (TPSA) is 59.3 Å². The molecule has 0 bridgehead atoms. The number of aryl methyl sites for hydroxylation is 1. The molecule has 1 N–H and O–H groups in total. The van der Waals surface area contributed by atoms with E-state index in [1.54, 1.807) is 36.7 Å². The highest BCUT2D eigenvalue weighted by Crippen LogP contribution is 2.18. The van der Waals surface area contributed by atoms with Gasteiger partial charge in [0, 0.05) is 33.7 Å². The molecule has 2 aromatic heterocycles. The van der Waals surface area contributed by atoms with Gasteiger partial charge in [0.2, 0.25) is 0 Å². The van der Waals surface area contributed by atoms with E-state index in [2.05, 4.69) is 20.1 Å². The average molecular weight is 353 g/mol. The number of rotatable bonds is 4. The van der Waals surface area contributed by atoms with Crippen LogP contribution in [0.4, 0.5) is 0 Å². The van der Waals surface area contributed by atoms with Crippen LogP contribution in [-0.2, 0) is 0 Å². The van der Waals surface area contributed by atoms with Crippen LogP contribution in [0.1, 0.15) is 27.3 Å². The normalized spacial score (nSPS) is 11.0. The Morgan fingerprint density at radius 2 is 2.00 bits per heavy atom. The summed E-state index contributed by atoms with van der Waals surface area (Å²) in [6.07, 6.45) is 5.19. The molecule has 1 aromatic carbocycles. The maximum Gasteiger partial charge on any atom is 0.271 e. The number of benzene rings is 1. The molecule has 3 rings (SSSR count). The van der Waals surface area contributed by atoms with Gasteiger partial charge < -0.3 is 4.57 Å². The van der Waals surface area contributed by atoms with Gasteiger partial charge in [-0.3, -0.25) is 9.78 Å². The lowest BCUT2D eigenvalue weighted by Crippen LogP contribution is -2.17. The Labute approximate surface area is 151 Å². The van der Waals surface area contributed by atoms with Crippen molar-refractivity contribution >= 4 is 23.7 Å². The van der Waals surface area contributed by atoms with E-state index < -0.39 is 0 Å². The number of hydrogen-bond donors (Lipinski definition) is 1. The van der Waals surface area contributed by atoms with Gasteiger partial charge in [0.05, 0.1) is 18.1 Å². The summed E-state index contributed by atoms with van der Waals surface area (Å²) in [6, 6.07) is 12.6. The van der Waals surface area contributed by atoms with Gasteiger partial charge >= 0.3 is 0 Å². The Hall–Kier alpha value is -2.92. The molecule has 126 valence electrons. The molecule has 0 atom stereocenters. The van der Waals surface area contributed by atoms with Crippen molar-refractivity contribution in [1.82, 2.24) is 15.0 Å². The number of nitrogens with one attached hydrogen (secondary N) is 1. The van der Waals surface area contributed by atoms with Gasteiger partial charge in [-0.05, 0) is 56.3 Å². The second-order valence-electron chi connectivity index (χ2n) is 5.58. The highest BCUT2D eigenvalue weighted by Gasteiger charge is 2.09. The fourth-order valence-corrected chi connectivity index (χ4v) is 2.75. The highest BCUT2D eigenvalue weighted by molar-refractivity contribution is 6.30. The Kier molecular flexibility index (Phi) is 4.95. The Bertz CT molecular complexity index is 915. The molecule has 0 saturated heterocycles. The molecular formula is C19H17ClN4O. The van der Waals surface area contributed by atoms with E-state index >= 15 is 0 Å². The number of amides is 1. The summed E-state index contributed by atoms with van der Waals surface area (Å²) in [4.78, 5) is 16.2. The molecule has 0 aliphatic heterocycles. The zero-order valence-electron chi connectivity index (χ0n) is 13.9. The number of hydrazone groups is 1. The third-order valence-electron chi connectivity index (χ3n) is 3.85. The highest BCUT2D eigenvalue weighted by atomic mass is 35.5. The predicted molar refractivity (Wildman–Crippen MR) is 99.6 cm³/mol. The maximum absolute atomic E-state index is 12.0. The van der Waals surface area contributed by atoms with Gasteiger partial charge in [0.1, 0.15) is 0 Å². The van der Waals surface area contributed by atoms with Crippen LogP contribution in [0.3, 0.4) is 0 Å². The smallest absolute Gasteiger partial charge is 0.271 e. The molecular weight excluding hydrogens is 336 g/mol. The molecule has 6 heteroatoms. The Balaban J connectivity index is 1.76. The minimum Gasteiger partial charge on any atom is -0.316 e. The molecule has 0 radical (unpaired) electrons. The Morgan fingerprint density at radius 3 is 2.68 bits per heavy atom. The lowest BCUT2D eigenvalue weighted by atomic mass is 10.2. The van der Waals surface area contributed by atoms with Crippen molar-refractivity contribution in [1.29, 1.82) is 0 Å². The molecule has 5 nitrogen and oxygen atoms in total. The lowest BCUT2D eigenvalue weighted by molar-refractivity contribution is 0.0955. The van der Waals surface area contributed by atoms with Crippen molar-refractivity contribution in [2.75, 3.05) is 0 Å². The van der Waals surface area contributed by atoms with E-state index in [0.717, 1.165) is 22.6 Å². The van der Waals surface area contributed by atoms with Crippen LogP contribution < -0.4 is 5.43 Å². The third kappa shape index (κ3) is 3.78. The van der Waals surface area contributed by atoms with Crippen LogP contribution in [0.2, 0.25) is 5.02 Å². The first kappa shape index (κ1) is 16.9. The summed E-state index contributed by atoms with van der Waals surface area (Å²) in [7, 11) is 0. The molecule has 0 unspecified atom stereocenters. The fourth-order valence-electron chi connectivity index (χ4n) is 2.63. The summed E-state index contributed by atoms with van der Waals surface area (Å²) < 4.78 is 2.09. The first-order valence-electron chi connectivity index (χ1n) is 7.74. The van der Waals surface area contributed by atoms with Gasteiger partial charge in [-0.25, -0.2) is 5.43 Å². The molecule has 0 spiro atoms. The second-order valence-corrected chi connectivity index (χ2v) is 6.02. The fraction of sp³-hybridized carbons (Fsp3) is 0.105. The Morgan fingerprint density at radius 1 is 1.24 bits per heavy atom. The average Bonchev–Trinajstić information content (AvgIpc) is 2.90. The molecule has 2 heterocycles. The van der Waals surface area contributed by atoms with Crippen LogP contribution in [0.5, 0.6) is 0 Å². The van der Waals surface area contributed by atoms with Gasteiger partial charge in [0.25, 0.3) is 5.91 Å². The molecule has 0 aliphatic rings. The van der Waals surface area contributed by atoms with Gasteiger partial charge in [-0.2, -0.15) is 5.10 Å². The molecule has 0 fully saturated rings. The van der Waals surface area contributed by atoms with Crippen LogP contribution in [0.15, 0.2) is 60.0 Å². The minimum atomic E-state index is -0.283. The van der Waals surface area contributed by atoms with E-state index in [-0.39, 0.29) is 5.91 Å². The quantitative estimate of drug-likeness (QED) is 0.571. The van der Waals surface area contributed by atoms with Crippen LogP contribution in [0, 0.1) is 13.8 Å². The third-order valence-corrected chi connectivity index (χ3v) is 4.10. The summed E-state index contributed by atoms with van der Waals surface area (Å²) in [5.74, 6) is -0.283. The summed E-state index contributed by atoms with van der Waals surface area (Å²) in [5.41, 5.74) is 7.04. The number of aromatic nitrogens is 2. The van der Waals surface area contributed by atoms with Crippen molar-refractivity contribution in [2.45, 2.75) is 13.8 Å². The van der Waals surface area contributed by atoms with Crippen molar-refractivity contribution < 1.29 is 4.79 Å². The van der Waals surface area contributed by atoms with E-state index in [0.29, 0.717) is 10.6 Å². The zero-order chi connectivity index (χ0) is 17.8. The molecule has 25 heavy (non-hydrogen) atoms. The van der Waals surface area contributed by atoms with Crippen LogP contribution >= 0.6 is 11.6 Å². The second kappa shape index (κ2) is 7.32. The van der Waals surface area contributed by atoms with Crippen LogP contribution in [0.25, 0.3) is 5.69 Å². The predicted octanol–water partition coefficient (Wildman–Crippen LogP) is 3.91. The minimum absolute atomic E-state index is 0.283. The molecule has 0 aliphatic carbocycles. The van der Waals surface area contributed by atoms with E-state index in [9.17, 15) is 4.79 Å². The number of nitrogens with zero attached hydrogens (tertiary/aromatic N) is 3. The van der Waals surface area contributed by atoms with E-state index in [1.165, 1.54) is 0 Å². The SMILES string of the molecule is Cc1cc(C=NNC(=O)c2ccc(Cl)cc2)c(C)n1-c1cccnc1. The summed E-state index contributed by atoms with van der Waals surface area (Å²) >= 11 is 5.82. The van der Waals surface area contributed by atoms with E-state index in [1.807, 2.05) is 38.2 Å². The van der Waals surface area contributed by atoms with Crippen molar-refractivity contribution in [2.24, 2.45) is 5.10 Å². The standard InChI is InChI=1S/C19H17ClN4O/c1-13-10-16(14(2)24(13)18-4-3-9-21-12-18)11-22-23-19(25)15-5-7-17(20)8-6-15/h3-12H,1-2H3,(H,23,25). The van der Waals surface area contributed by atoms with Crippen molar-refractivity contribution in [3.05, 3.63) is 82.4 Å². The summed E-state index contributed by atoms with van der Waals surface area (Å²) in [5, 5.41) is 4.65. The van der Waals surface area contributed by atoms with Gasteiger partial charge in [-0.1, -0.05) is 11.6 Å². The van der Waals surface area contributed by atoms with Gasteiger partial charge in [-0.15, -0.1) is 0 Å². The molecule has 1 amide bonds. The zero-order valence-corrected chi connectivity index (χ0v) is 14.7.